The number of halogens is 2. The molecule has 0 bridgehead atoms. The van der Waals surface area contributed by atoms with Gasteiger partial charge in [0.15, 0.2) is 0 Å². The van der Waals surface area contributed by atoms with Crippen LogP contribution in [-0.4, -0.2) is 4.92 Å². The van der Waals surface area contributed by atoms with E-state index < -0.39 is 4.92 Å². The van der Waals surface area contributed by atoms with Gasteiger partial charge >= 0.3 is 0 Å². The maximum atomic E-state index is 10.8. The summed E-state index contributed by atoms with van der Waals surface area (Å²) >= 11 is 11.7. The summed E-state index contributed by atoms with van der Waals surface area (Å²) < 4.78 is 5.50. The summed E-state index contributed by atoms with van der Waals surface area (Å²) in [6.07, 6.45) is 0. The van der Waals surface area contributed by atoms with E-state index in [4.69, 9.17) is 27.9 Å². The van der Waals surface area contributed by atoms with Gasteiger partial charge in [-0.2, -0.15) is 0 Å². The number of nitro groups is 1. The molecule has 0 heterocycles. The standard InChI is InChI=1S/C13H9Cl2NO3/c14-10-6-5-9(7-12(10)16(17)18)8-19-13-4-2-1-3-11(13)15/h1-7H,8H2. The topological polar surface area (TPSA) is 52.4 Å². The first kappa shape index (κ1) is 13.6. The van der Waals surface area contributed by atoms with E-state index in [2.05, 4.69) is 0 Å². The van der Waals surface area contributed by atoms with Crippen LogP contribution in [0.15, 0.2) is 42.5 Å². The van der Waals surface area contributed by atoms with Crippen molar-refractivity contribution in [1.82, 2.24) is 0 Å². The van der Waals surface area contributed by atoms with Crippen LogP contribution in [0.1, 0.15) is 5.56 Å². The molecule has 4 nitrogen and oxygen atoms in total. The van der Waals surface area contributed by atoms with Crippen molar-refractivity contribution in [3.8, 4) is 5.75 Å². The van der Waals surface area contributed by atoms with Gasteiger partial charge in [0.2, 0.25) is 0 Å². The molecule has 0 saturated heterocycles. The second-order valence-electron chi connectivity index (χ2n) is 3.76. The lowest BCUT2D eigenvalue weighted by Gasteiger charge is -2.08. The molecule has 0 fully saturated rings. The molecule has 0 aliphatic heterocycles. The first-order valence-corrected chi connectivity index (χ1v) is 6.13. The summed E-state index contributed by atoms with van der Waals surface area (Å²) in [6, 6.07) is 11.6. The van der Waals surface area contributed by atoms with Crippen LogP contribution < -0.4 is 4.74 Å². The van der Waals surface area contributed by atoms with Crippen molar-refractivity contribution in [2.24, 2.45) is 0 Å². The number of nitrogens with zero attached hydrogens (tertiary/aromatic N) is 1. The van der Waals surface area contributed by atoms with E-state index in [9.17, 15) is 10.1 Å². The minimum Gasteiger partial charge on any atom is -0.487 e. The Balaban J connectivity index is 2.14. The Morgan fingerprint density at radius 1 is 1.11 bits per heavy atom. The first-order chi connectivity index (χ1) is 9.08. The Morgan fingerprint density at radius 3 is 2.53 bits per heavy atom. The lowest BCUT2D eigenvalue weighted by atomic mass is 10.2. The number of hydrogen-bond donors (Lipinski definition) is 0. The molecule has 2 aromatic rings. The van der Waals surface area contributed by atoms with Gasteiger partial charge in [-0.25, -0.2) is 0 Å². The number of benzene rings is 2. The third-order valence-electron chi connectivity index (χ3n) is 2.44. The van der Waals surface area contributed by atoms with Gasteiger partial charge in [-0.15, -0.1) is 0 Å². The smallest absolute Gasteiger partial charge is 0.288 e. The molecule has 0 amide bonds. The highest BCUT2D eigenvalue weighted by molar-refractivity contribution is 6.32. The molecule has 0 N–H and O–H groups in total. The van der Waals surface area contributed by atoms with Crippen LogP contribution >= 0.6 is 23.2 Å². The second-order valence-corrected chi connectivity index (χ2v) is 4.58. The van der Waals surface area contributed by atoms with Crippen LogP contribution in [0, 0.1) is 10.1 Å². The zero-order chi connectivity index (χ0) is 13.8. The van der Waals surface area contributed by atoms with Crippen LogP contribution in [0.3, 0.4) is 0 Å². The van der Waals surface area contributed by atoms with Gasteiger partial charge in [-0.1, -0.05) is 41.4 Å². The summed E-state index contributed by atoms with van der Waals surface area (Å²) in [5.74, 6) is 0.529. The molecular formula is C13H9Cl2NO3. The highest BCUT2D eigenvalue weighted by Gasteiger charge is 2.13. The van der Waals surface area contributed by atoms with Gasteiger partial charge in [0.1, 0.15) is 17.4 Å². The third kappa shape index (κ3) is 3.36. The van der Waals surface area contributed by atoms with Crippen molar-refractivity contribution in [2.75, 3.05) is 0 Å². The van der Waals surface area contributed by atoms with Gasteiger partial charge in [-0.05, 0) is 23.8 Å². The number of nitro benzene ring substituents is 1. The normalized spacial score (nSPS) is 10.2. The quantitative estimate of drug-likeness (QED) is 0.617. The Bertz CT molecular complexity index is 617. The van der Waals surface area contributed by atoms with E-state index >= 15 is 0 Å². The van der Waals surface area contributed by atoms with Crippen molar-refractivity contribution < 1.29 is 9.66 Å². The molecule has 0 aliphatic rings. The highest BCUT2D eigenvalue weighted by Crippen LogP contribution is 2.27. The fourth-order valence-corrected chi connectivity index (χ4v) is 1.89. The predicted octanol–water partition coefficient (Wildman–Crippen LogP) is 4.48. The largest absolute Gasteiger partial charge is 0.487 e. The van der Waals surface area contributed by atoms with Crippen LogP contribution in [0.2, 0.25) is 10.0 Å². The van der Waals surface area contributed by atoms with Gasteiger partial charge in [0.25, 0.3) is 5.69 Å². The molecule has 2 aromatic carbocycles. The van der Waals surface area contributed by atoms with E-state index in [0.717, 1.165) is 0 Å². The number of hydrogen-bond acceptors (Lipinski definition) is 3. The molecule has 0 saturated carbocycles. The molecule has 0 aromatic heterocycles. The molecule has 6 heteroatoms. The van der Waals surface area contributed by atoms with E-state index in [1.54, 1.807) is 30.3 Å². The van der Waals surface area contributed by atoms with Crippen molar-refractivity contribution >= 4 is 28.9 Å². The average molecular weight is 298 g/mol. The Morgan fingerprint density at radius 2 is 1.84 bits per heavy atom. The zero-order valence-corrected chi connectivity index (χ0v) is 11.2. The fraction of sp³-hybridized carbons (Fsp3) is 0.0769. The molecule has 0 atom stereocenters. The van der Waals surface area contributed by atoms with Gasteiger partial charge < -0.3 is 4.74 Å². The van der Waals surface area contributed by atoms with Crippen molar-refractivity contribution in [1.29, 1.82) is 0 Å². The maximum absolute atomic E-state index is 10.8. The van der Waals surface area contributed by atoms with E-state index in [-0.39, 0.29) is 17.3 Å². The second kappa shape index (κ2) is 5.91. The fourth-order valence-electron chi connectivity index (χ4n) is 1.51. The molecule has 0 aliphatic carbocycles. The Labute approximate surface area is 119 Å². The van der Waals surface area contributed by atoms with E-state index in [0.29, 0.717) is 16.3 Å². The number of rotatable bonds is 4. The minimum atomic E-state index is -0.526. The molecule has 0 unspecified atom stereocenters. The van der Waals surface area contributed by atoms with Crippen LogP contribution in [-0.2, 0) is 6.61 Å². The lowest BCUT2D eigenvalue weighted by Crippen LogP contribution is -1.97. The van der Waals surface area contributed by atoms with Crippen LogP contribution in [0.25, 0.3) is 0 Å². The molecule has 2 rings (SSSR count). The van der Waals surface area contributed by atoms with Crippen molar-refractivity contribution in [2.45, 2.75) is 6.61 Å². The predicted molar refractivity (Wildman–Crippen MR) is 73.9 cm³/mol. The molecule has 19 heavy (non-hydrogen) atoms. The van der Waals surface area contributed by atoms with Gasteiger partial charge in [0.05, 0.1) is 9.95 Å². The summed E-state index contributed by atoms with van der Waals surface area (Å²) in [5, 5.41) is 11.4. The van der Waals surface area contributed by atoms with Gasteiger partial charge in [-0.3, -0.25) is 10.1 Å². The van der Waals surface area contributed by atoms with Crippen molar-refractivity contribution in [3.63, 3.8) is 0 Å². The average Bonchev–Trinajstić information content (AvgIpc) is 2.39. The minimum absolute atomic E-state index is 0.103. The Kier molecular flexibility index (Phi) is 4.24. The van der Waals surface area contributed by atoms with Crippen LogP contribution in [0.4, 0.5) is 5.69 Å². The van der Waals surface area contributed by atoms with Crippen molar-refractivity contribution in [3.05, 3.63) is 68.2 Å². The SMILES string of the molecule is O=[N+]([O-])c1cc(COc2ccccc2Cl)ccc1Cl. The monoisotopic (exact) mass is 297 g/mol. The molecular weight excluding hydrogens is 289 g/mol. The summed E-state index contributed by atoms with van der Waals surface area (Å²) in [7, 11) is 0. The maximum Gasteiger partial charge on any atom is 0.288 e. The van der Waals surface area contributed by atoms with Crippen LogP contribution in [0.5, 0.6) is 5.75 Å². The summed E-state index contributed by atoms with van der Waals surface area (Å²) in [4.78, 5) is 10.2. The number of para-hydroxylation sites is 1. The van der Waals surface area contributed by atoms with Gasteiger partial charge in [0, 0.05) is 6.07 Å². The van der Waals surface area contributed by atoms with E-state index in [1.807, 2.05) is 0 Å². The highest BCUT2D eigenvalue weighted by atomic mass is 35.5. The third-order valence-corrected chi connectivity index (χ3v) is 3.07. The summed E-state index contributed by atoms with van der Waals surface area (Å²) in [5.41, 5.74) is 0.512. The molecule has 0 spiro atoms. The zero-order valence-electron chi connectivity index (χ0n) is 9.68. The van der Waals surface area contributed by atoms with E-state index in [1.165, 1.54) is 12.1 Å². The first-order valence-electron chi connectivity index (χ1n) is 5.38. The molecule has 0 radical (unpaired) electrons. The summed E-state index contributed by atoms with van der Waals surface area (Å²) in [6.45, 7) is 0.182. The molecule has 98 valence electrons. The number of ether oxygens (including phenoxy) is 1. The lowest BCUT2D eigenvalue weighted by molar-refractivity contribution is -0.384. The Hall–Kier alpha value is -1.78.